The quantitative estimate of drug-likeness (QED) is 0.413. The average molecular weight is 300 g/mol. The SMILES string of the molecule is CCNc1cc(NC(C)CCSCC)nc(SC)n1. The van der Waals surface area contributed by atoms with Crippen LogP contribution in [0.3, 0.4) is 0 Å². The number of anilines is 2. The Kier molecular flexibility index (Phi) is 8.05. The van der Waals surface area contributed by atoms with Gasteiger partial charge in [-0.3, -0.25) is 0 Å². The first kappa shape index (κ1) is 16.4. The van der Waals surface area contributed by atoms with Crippen LogP contribution in [-0.2, 0) is 0 Å². The van der Waals surface area contributed by atoms with Gasteiger partial charge in [0.1, 0.15) is 11.6 Å². The fourth-order valence-electron chi connectivity index (χ4n) is 1.59. The summed E-state index contributed by atoms with van der Waals surface area (Å²) in [6, 6.07) is 2.41. The van der Waals surface area contributed by atoms with E-state index in [1.807, 2.05) is 24.1 Å². The van der Waals surface area contributed by atoms with Crippen LogP contribution in [0, 0.1) is 0 Å². The predicted molar refractivity (Wildman–Crippen MR) is 88.7 cm³/mol. The highest BCUT2D eigenvalue weighted by Crippen LogP contribution is 2.18. The van der Waals surface area contributed by atoms with E-state index in [9.17, 15) is 0 Å². The molecule has 1 heterocycles. The molecule has 1 aromatic heterocycles. The summed E-state index contributed by atoms with van der Waals surface area (Å²) in [7, 11) is 0. The molecule has 1 atom stereocenters. The number of aromatic nitrogens is 2. The van der Waals surface area contributed by atoms with Gasteiger partial charge in [0.05, 0.1) is 0 Å². The van der Waals surface area contributed by atoms with E-state index in [1.54, 1.807) is 11.8 Å². The van der Waals surface area contributed by atoms with Crippen molar-refractivity contribution in [3.05, 3.63) is 6.07 Å². The lowest BCUT2D eigenvalue weighted by atomic mass is 10.2. The maximum atomic E-state index is 4.50. The minimum absolute atomic E-state index is 0.429. The maximum absolute atomic E-state index is 4.50. The van der Waals surface area contributed by atoms with Crippen molar-refractivity contribution in [1.29, 1.82) is 0 Å². The molecule has 0 bridgehead atoms. The highest BCUT2D eigenvalue weighted by molar-refractivity contribution is 7.99. The van der Waals surface area contributed by atoms with E-state index >= 15 is 0 Å². The molecule has 19 heavy (non-hydrogen) atoms. The molecule has 0 spiro atoms. The summed E-state index contributed by atoms with van der Waals surface area (Å²) >= 11 is 3.54. The van der Waals surface area contributed by atoms with Gasteiger partial charge in [0.25, 0.3) is 0 Å². The van der Waals surface area contributed by atoms with Gasteiger partial charge in [-0.2, -0.15) is 11.8 Å². The molecule has 0 saturated carbocycles. The van der Waals surface area contributed by atoms with Crippen LogP contribution in [0.5, 0.6) is 0 Å². The Balaban J connectivity index is 2.62. The zero-order chi connectivity index (χ0) is 14.1. The predicted octanol–water partition coefficient (Wildman–Crippen LogP) is 3.57. The van der Waals surface area contributed by atoms with Crippen molar-refractivity contribution >= 4 is 35.2 Å². The third-order valence-electron chi connectivity index (χ3n) is 2.54. The molecule has 0 amide bonds. The van der Waals surface area contributed by atoms with Crippen LogP contribution in [0.2, 0.25) is 0 Å². The third kappa shape index (κ3) is 6.38. The van der Waals surface area contributed by atoms with Gasteiger partial charge >= 0.3 is 0 Å². The molecule has 2 N–H and O–H groups in total. The molecule has 0 radical (unpaired) electrons. The number of rotatable bonds is 9. The van der Waals surface area contributed by atoms with Crippen molar-refractivity contribution in [3.8, 4) is 0 Å². The average Bonchev–Trinajstić information content (AvgIpc) is 2.39. The second-order valence-corrected chi connectivity index (χ2v) is 6.35. The zero-order valence-electron chi connectivity index (χ0n) is 12.2. The second kappa shape index (κ2) is 9.31. The van der Waals surface area contributed by atoms with Crippen LogP contribution in [0.1, 0.15) is 27.2 Å². The third-order valence-corrected chi connectivity index (χ3v) is 4.02. The standard InChI is InChI=1S/C13H24N4S2/c1-5-14-11-9-12(17-13(16-11)18-4)15-10(3)7-8-19-6-2/h9-10H,5-8H2,1-4H3,(H2,14,15,16,17). The first-order valence-corrected chi connectivity index (χ1v) is 9.08. The van der Waals surface area contributed by atoms with E-state index in [-0.39, 0.29) is 0 Å². The van der Waals surface area contributed by atoms with Gasteiger partial charge in [-0.15, -0.1) is 0 Å². The summed E-state index contributed by atoms with van der Waals surface area (Å²) in [6.45, 7) is 7.33. The number of nitrogens with one attached hydrogen (secondary N) is 2. The topological polar surface area (TPSA) is 49.8 Å². The van der Waals surface area contributed by atoms with E-state index in [0.717, 1.165) is 29.8 Å². The molecular formula is C13H24N4S2. The first-order valence-electron chi connectivity index (χ1n) is 6.70. The summed E-state index contributed by atoms with van der Waals surface area (Å²) in [5, 5.41) is 7.50. The van der Waals surface area contributed by atoms with Gasteiger partial charge in [-0.1, -0.05) is 18.7 Å². The molecule has 6 heteroatoms. The van der Waals surface area contributed by atoms with Crippen LogP contribution in [0.25, 0.3) is 0 Å². The van der Waals surface area contributed by atoms with Crippen LogP contribution in [0.4, 0.5) is 11.6 Å². The van der Waals surface area contributed by atoms with Crippen molar-refractivity contribution in [2.45, 2.75) is 38.4 Å². The fourth-order valence-corrected chi connectivity index (χ4v) is 2.78. The first-order chi connectivity index (χ1) is 9.19. The number of nitrogens with zero attached hydrogens (tertiary/aromatic N) is 2. The highest BCUT2D eigenvalue weighted by Gasteiger charge is 2.07. The normalized spacial score (nSPS) is 12.2. The molecule has 0 aliphatic rings. The number of hydrogen-bond acceptors (Lipinski definition) is 6. The molecular weight excluding hydrogens is 276 g/mol. The summed E-state index contributed by atoms with van der Waals surface area (Å²) in [5.74, 6) is 4.16. The van der Waals surface area contributed by atoms with E-state index in [1.165, 1.54) is 11.5 Å². The van der Waals surface area contributed by atoms with Gasteiger partial charge < -0.3 is 10.6 Å². The molecule has 4 nitrogen and oxygen atoms in total. The van der Waals surface area contributed by atoms with Gasteiger partial charge in [-0.25, -0.2) is 9.97 Å². The lowest BCUT2D eigenvalue weighted by Crippen LogP contribution is -2.17. The Morgan fingerprint density at radius 3 is 2.63 bits per heavy atom. The van der Waals surface area contributed by atoms with Crippen LogP contribution >= 0.6 is 23.5 Å². The van der Waals surface area contributed by atoms with Gasteiger partial charge in [0.2, 0.25) is 0 Å². The maximum Gasteiger partial charge on any atom is 0.191 e. The fraction of sp³-hybridized carbons (Fsp3) is 0.692. The second-order valence-electron chi connectivity index (χ2n) is 4.19. The summed E-state index contributed by atoms with van der Waals surface area (Å²) < 4.78 is 0. The Morgan fingerprint density at radius 2 is 2.00 bits per heavy atom. The molecule has 0 fully saturated rings. The van der Waals surface area contributed by atoms with Crippen molar-refractivity contribution in [1.82, 2.24) is 9.97 Å². The lowest BCUT2D eigenvalue weighted by molar-refractivity contribution is 0.761. The number of hydrogen-bond donors (Lipinski definition) is 2. The highest BCUT2D eigenvalue weighted by atomic mass is 32.2. The lowest BCUT2D eigenvalue weighted by Gasteiger charge is -2.15. The van der Waals surface area contributed by atoms with E-state index in [0.29, 0.717) is 6.04 Å². The van der Waals surface area contributed by atoms with Crippen LogP contribution < -0.4 is 10.6 Å². The largest absolute Gasteiger partial charge is 0.370 e. The van der Waals surface area contributed by atoms with Crippen LogP contribution in [0.15, 0.2) is 11.2 Å². The van der Waals surface area contributed by atoms with E-state index < -0.39 is 0 Å². The van der Waals surface area contributed by atoms with Crippen molar-refractivity contribution in [2.24, 2.45) is 0 Å². The van der Waals surface area contributed by atoms with Crippen molar-refractivity contribution in [3.63, 3.8) is 0 Å². The summed E-state index contributed by atoms with van der Waals surface area (Å²) in [5.41, 5.74) is 0. The molecule has 1 rings (SSSR count). The van der Waals surface area contributed by atoms with Crippen LogP contribution in [-0.4, -0.2) is 40.3 Å². The smallest absolute Gasteiger partial charge is 0.191 e. The molecule has 0 aliphatic carbocycles. The van der Waals surface area contributed by atoms with E-state index in [2.05, 4.69) is 41.4 Å². The van der Waals surface area contributed by atoms with Gasteiger partial charge in [-0.05, 0) is 38.0 Å². The zero-order valence-corrected chi connectivity index (χ0v) is 13.8. The number of thioether (sulfide) groups is 2. The molecule has 1 unspecified atom stereocenters. The van der Waals surface area contributed by atoms with Gasteiger partial charge in [0, 0.05) is 18.7 Å². The molecule has 0 aliphatic heterocycles. The molecule has 108 valence electrons. The Labute approximate surface area is 125 Å². The molecule has 1 aromatic rings. The minimum atomic E-state index is 0.429. The Hall–Kier alpha value is -0.620. The van der Waals surface area contributed by atoms with Crippen molar-refractivity contribution < 1.29 is 0 Å². The summed E-state index contributed by atoms with van der Waals surface area (Å²) in [6.07, 6.45) is 3.14. The monoisotopic (exact) mass is 300 g/mol. The molecule has 0 saturated heterocycles. The van der Waals surface area contributed by atoms with Gasteiger partial charge in [0.15, 0.2) is 5.16 Å². The molecule has 0 aromatic carbocycles. The van der Waals surface area contributed by atoms with Crippen molar-refractivity contribution in [2.75, 3.05) is 34.9 Å². The summed E-state index contributed by atoms with van der Waals surface area (Å²) in [4.78, 5) is 8.92. The Morgan fingerprint density at radius 1 is 1.26 bits per heavy atom. The van der Waals surface area contributed by atoms with E-state index in [4.69, 9.17) is 0 Å². The minimum Gasteiger partial charge on any atom is -0.370 e. The Bertz CT molecular complexity index is 374.